The van der Waals surface area contributed by atoms with Crippen LogP contribution in [0.1, 0.15) is 15.9 Å². The van der Waals surface area contributed by atoms with E-state index in [1.54, 1.807) is 7.11 Å². The average molecular weight is 348 g/mol. The summed E-state index contributed by atoms with van der Waals surface area (Å²) in [5, 5.41) is 5.02. The molecule has 7 heteroatoms. The molecule has 0 aliphatic rings. The van der Waals surface area contributed by atoms with E-state index < -0.39 is 17.5 Å². The third-order valence-electron chi connectivity index (χ3n) is 3.49. The number of carbonyl (C=O) groups is 2. The van der Waals surface area contributed by atoms with Crippen molar-refractivity contribution < 1.29 is 23.1 Å². The summed E-state index contributed by atoms with van der Waals surface area (Å²) >= 11 is 0. The van der Waals surface area contributed by atoms with Crippen molar-refractivity contribution in [3.63, 3.8) is 0 Å². The minimum Gasteiger partial charge on any atom is -0.497 e. The topological polar surface area (TPSA) is 67.4 Å². The number of nitrogens with one attached hydrogen (secondary N) is 2. The van der Waals surface area contributed by atoms with Gasteiger partial charge in [0.2, 0.25) is 5.91 Å². The first-order chi connectivity index (χ1) is 12.0. The smallest absolute Gasteiger partial charge is 0.251 e. The van der Waals surface area contributed by atoms with Gasteiger partial charge in [0.15, 0.2) is 11.6 Å². The molecule has 25 heavy (non-hydrogen) atoms. The van der Waals surface area contributed by atoms with Crippen LogP contribution in [0.15, 0.2) is 42.5 Å². The zero-order valence-corrected chi connectivity index (χ0v) is 13.6. The van der Waals surface area contributed by atoms with E-state index >= 15 is 0 Å². The summed E-state index contributed by atoms with van der Waals surface area (Å²) in [5.74, 6) is -2.41. The van der Waals surface area contributed by atoms with E-state index in [1.807, 2.05) is 24.3 Å². The summed E-state index contributed by atoms with van der Waals surface area (Å²) in [6.07, 6.45) is 0.632. The molecule has 0 radical (unpaired) electrons. The van der Waals surface area contributed by atoms with Gasteiger partial charge in [-0.25, -0.2) is 8.78 Å². The number of amides is 2. The van der Waals surface area contributed by atoms with Crippen molar-refractivity contribution in [3.8, 4) is 5.75 Å². The van der Waals surface area contributed by atoms with Gasteiger partial charge >= 0.3 is 0 Å². The molecule has 0 heterocycles. The third-order valence-corrected chi connectivity index (χ3v) is 3.49. The molecule has 0 atom stereocenters. The van der Waals surface area contributed by atoms with Crippen molar-refractivity contribution in [2.45, 2.75) is 6.42 Å². The van der Waals surface area contributed by atoms with Crippen LogP contribution in [0.5, 0.6) is 5.75 Å². The first-order valence-corrected chi connectivity index (χ1v) is 7.62. The number of hydrogen-bond acceptors (Lipinski definition) is 3. The van der Waals surface area contributed by atoms with Crippen molar-refractivity contribution in [2.24, 2.45) is 0 Å². The summed E-state index contributed by atoms with van der Waals surface area (Å²) < 4.78 is 31.0. The molecule has 0 aliphatic carbocycles. The van der Waals surface area contributed by atoms with Gasteiger partial charge < -0.3 is 15.4 Å². The van der Waals surface area contributed by atoms with Crippen LogP contribution in [-0.2, 0) is 11.2 Å². The van der Waals surface area contributed by atoms with Crippen molar-refractivity contribution in [1.29, 1.82) is 0 Å². The molecule has 2 rings (SSSR count). The molecule has 0 saturated heterocycles. The second-order valence-electron chi connectivity index (χ2n) is 5.26. The SMILES string of the molecule is COc1ccc(CCNC(=O)CNC(=O)c2ccc(F)c(F)c2)cc1. The van der Waals surface area contributed by atoms with Gasteiger partial charge in [0, 0.05) is 12.1 Å². The molecule has 0 unspecified atom stereocenters. The predicted octanol–water partition coefficient (Wildman–Crippen LogP) is 2.06. The predicted molar refractivity (Wildman–Crippen MR) is 88.4 cm³/mol. The fraction of sp³-hybridized carbons (Fsp3) is 0.222. The van der Waals surface area contributed by atoms with E-state index in [0.29, 0.717) is 13.0 Å². The highest BCUT2D eigenvalue weighted by atomic mass is 19.2. The average Bonchev–Trinajstić information content (AvgIpc) is 2.62. The maximum atomic E-state index is 13.1. The lowest BCUT2D eigenvalue weighted by Crippen LogP contribution is -2.37. The molecular formula is C18H18F2N2O3. The lowest BCUT2D eigenvalue weighted by Gasteiger charge is -2.08. The van der Waals surface area contributed by atoms with Crippen LogP contribution in [0.3, 0.4) is 0 Å². The minimum absolute atomic E-state index is 0.0510. The van der Waals surface area contributed by atoms with Gasteiger partial charge in [-0.3, -0.25) is 9.59 Å². The number of ether oxygens (including phenoxy) is 1. The van der Waals surface area contributed by atoms with Crippen LogP contribution >= 0.6 is 0 Å². The Morgan fingerprint density at radius 1 is 1.00 bits per heavy atom. The fourth-order valence-electron chi connectivity index (χ4n) is 2.10. The quantitative estimate of drug-likeness (QED) is 0.805. The number of carbonyl (C=O) groups excluding carboxylic acids is 2. The molecule has 0 spiro atoms. The molecule has 0 fully saturated rings. The van der Waals surface area contributed by atoms with Crippen molar-refractivity contribution in [2.75, 3.05) is 20.2 Å². The van der Waals surface area contributed by atoms with E-state index in [9.17, 15) is 18.4 Å². The Morgan fingerprint density at radius 3 is 2.36 bits per heavy atom. The van der Waals surface area contributed by atoms with E-state index in [2.05, 4.69) is 10.6 Å². The number of halogens is 2. The minimum atomic E-state index is -1.11. The van der Waals surface area contributed by atoms with E-state index in [1.165, 1.54) is 0 Å². The third kappa shape index (κ3) is 5.56. The Labute approximate surface area is 144 Å². The molecule has 0 aliphatic heterocycles. The maximum absolute atomic E-state index is 13.1. The van der Waals surface area contributed by atoms with Crippen molar-refractivity contribution in [3.05, 3.63) is 65.2 Å². The largest absolute Gasteiger partial charge is 0.497 e. The summed E-state index contributed by atoms with van der Waals surface area (Å²) in [5.41, 5.74) is 0.983. The van der Waals surface area contributed by atoms with Crippen LogP contribution in [0.25, 0.3) is 0 Å². The van der Waals surface area contributed by atoms with Crippen LogP contribution in [0.4, 0.5) is 8.78 Å². The van der Waals surface area contributed by atoms with Crippen LogP contribution < -0.4 is 15.4 Å². The van der Waals surface area contributed by atoms with Gasteiger partial charge in [-0.1, -0.05) is 12.1 Å². The molecule has 0 saturated carbocycles. The van der Waals surface area contributed by atoms with Gasteiger partial charge in [-0.2, -0.15) is 0 Å². The Bertz CT molecular complexity index is 748. The number of hydrogen-bond donors (Lipinski definition) is 2. The molecular weight excluding hydrogens is 330 g/mol. The van der Waals surface area contributed by atoms with Gasteiger partial charge in [-0.05, 0) is 42.3 Å². The monoisotopic (exact) mass is 348 g/mol. The van der Waals surface area contributed by atoms with Gasteiger partial charge in [0.25, 0.3) is 5.91 Å². The lowest BCUT2D eigenvalue weighted by atomic mass is 10.1. The number of benzene rings is 2. The van der Waals surface area contributed by atoms with Gasteiger partial charge in [0.1, 0.15) is 5.75 Å². The van der Waals surface area contributed by atoms with E-state index in [4.69, 9.17) is 4.74 Å². The first kappa shape index (κ1) is 18.4. The van der Waals surface area contributed by atoms with E-state index in [-0.39, 0.29) is 18.0 Å². The molecule has 2 amide bonds. The maximum Gasteiger partial charge on any atom is 0.251 e. The highest BCUT2D eigenvalue weighted by molar-refractivity contribution is 5.96. The van der Waals surface area contributed by atoms with Crippen LogP contribution in [0, 0.1) is 11.6 Å². The standard InChI is InChI=1S/C18H18F2N2O3/c1-25-14-5-2-12(3-6-14)8-9-21-17(23)11-22-18(24)13-4-7-15(19)16(20)10-13/h2-7,10H,8-9,11H2,1H3,(H,21,23)(H,22,24). The Morgan fingerprint density at radius 2 is 1.72 bits per heavy atom. The van der Waals surface area contributed by atoms with Gasteiger partial charge in [0.05, 0.1) is 13.7 Å². The number of methoxy groups -OCH3 is 1. The number of rotatable bonds is 7. The summed E-state index contributed by atoms with van der Waals surface area (Å²) in [6.45, 7) is 0.159. The van der Waals surface area contributed by atoms with E-state index in [0.717, 1.165) is 29.5 Å². The van der Waals surface area contributed by atoms with Crippen molar-refractivity contribution >= 4 is 11.8 Å². The molecule has 2 aromatic rings. The molecule has 5 nitrogen and oxygen atoms in total. The fourth-order valence-corrected chi connectivity index (χ4v) is 2.10. The second-order valence-corrected chi connectivity index (χ2v) is 5.26. The molecule has 2 N–H and O–H groups in total. The molecule has 0 bridgehead atoms. The summed E-state index contributed by atoms with van der Waals surface area (Å²) in [6, 6.07) is 10.3. The Hall–Kier alpha value is -2.96. The second kappa shape index (κ2) is 8.77. The molecule has 2 aromatic carbocycles. The highest BCUT2D eigenvalue weighted by Crippen LogP contribution is 2.11. The van der Waals surface area contributed by atoms with Crippen molar-refractivity contribution in [1.82, 2.24) is 10.6 Å². The zero-order chi connectivity index (χ0) is 18.2. The first-order valence-electron chi connectivity index (χ1n) is 7.62. The Balaban J connectivity index is 1.72. The lowest BCUT2D eigenvalue weighted by molar-refractivity contribution is -0.120. The Kier molecular flexibility index (Phi) is 6.45. The van der Waals surface area contributed by atoms with Crippen LogP contribution in [-0.4, -0.2) is 32.0 Å². The zero-order valence-electron chi connectivity index (χ0n) is 13.6. The molecule has 132 valence electrons. The summed E-state index contributed by atoms with van der Waals surface area (Å²) in [4.78, 5) is 23.5. The highest BCUT2D eigenvalue weighted by Gasteiger charge is 2.10. The molecule has 0 aromatic heterocycles. The van der Waals surface area contributed by atoms with Gasteiger partial charge in [-0.15, -0.1) is 0 Å². The van der Waals surface area contributed by atoms with Crippen LogP contribution in [0.2, 0.25) is 0 Å². The summed E-state index contributed by atoms with van der Waals surface area (Å²) in [7, 11) is 1.59. The normalized spacial score (nSPS) is 10.2.